The minimum absolute atomic E-state index is 0.219. The summed E-state index contributed by atoms with van der Waals surface area (Å²) in [5, 5.41) is 0. The molecule has 0 spiro atoms. The van der Waals surface area contributed by atoms with Crippen LogP contribution in [-0.2, 0) is 14.8 Å². The van der Waals surface area contributed by atoms with Crippen molar-refractivity contribution < 1.29 is 13.2 Å². The molecular formula is C15H24N2O3S. The SMILES string of the molecule is CC[C@H](C(=O)N(C)C)N(c1cc(C)ccc1C)S(C)(=O)=O. The van der Waals surface area contributed by atoms with Crippen LogP contribution in [0.5, 0.6) is 0 Å². The third-order valence-corrected chi connectivity index (χ3v) is 4.52. The van der Waals surface area contributed by atoms with Crippen LogP contribution in [0.2, 0.25) is 0 Å². The first-order valence-electron chi connectivity index (χ1n) is 6.87. The predicted octanol–water partition coefficient (Wildman–Crippen LogP) is 1.94. The predicted molar refractivity (Wildman–Crippen MR) is 86.0 cm³/mol. The van der Waals surface area contributed by atoms with E-state index in [-0.39, 0.29) is 5.91 Å². The van der Waals surface area contributed by atoms with E-state index in [1.165, 1.54) is 9.21 Å². The molecule has 0 unspecified atom stereocenters. The van der Waals surface area contributed by atoms with Gasteiger partial charge in [0.1, 0.15) is 6.04 Å². The van der Waals surface area contributed by atoms with Gasteiger partial charge in [0.15, 0.2) is 0 Å². The van der Waals surface area contributed by atoms with E-state index in [4.69, 9.17) is 0 Å². The third kappa shape index (κ3) is 3.97. The van der Waals surface area contributed by atoms with E-state index in [0.29, 0.717) is 12.1 Å². The zero-order chi connectivity index (χ0) is 16.4. The zero-order valence-corrected chi connectivity index (χ0v) is 14.4. The summed E-state index contributed by atoms with van der Waals surface area (Å²) in [5.74, 6) is -0.219. The van der Waals surface area contributed by atoms with Crippen LogP contribution in [0, 0.1) is 13.8 Å². The summed E-state index contributed by atoms with van der Waals surface area (Å²) in [6, 6.07) is 4.88. The molecule has 0 saturated carbocycles. The number of benzene rings is 1. The fraction of sp³-hybridized carbons (Fsp3) is 0.533. The second-order valence-electron chi connectivity index (χ2n) is 5.51. The number of carbonyl (C=O) groups excluding carboxylic acids is 1. The molecule has 1 aromatic rings. The average molecular weight is 312 g/mol. The molecule has 0 bridgehead atoms. The molecule has 1 rings (SSSR count). The van der Waals surface area contributed by atoms with Crippen molar-refractivity contribution in [2.75, 3.05) is 24.7 Å². The Morgan fingerprint density at radius 2 is 1.81 bits per heavy atom. The summed E-state index contributed by atoms with van der Waals surface area (Å²) >= 11 is 0. The van der Waals surface area contributed by atoms with Crippen LogP contribution in [0.1, 0.15) is 24.5 Å². The molecule has 1 atom stereocenters. The molecule has 1 amide bonds. The van der Waals surface area contributed by atoms with E-state index in [2.05, 4.69) is 0 Å². The summed E-state index contributed by atoms with van der Waals surface area (Å²) in [7, 11) is -0.294. The van der Waals surface area contributed by atoms with E-state index in [1.807, 2.05) is 39.0 Å². The molecule has 21 heavy (non-hydrogen) atoms. The number of carbonyl (C=O) groups is 1. The Labute approximate surface area is 127 Å². The fourth-order valence-corrected chi connectivity index (χ4v) is 3.53. The maximum atomic E-state index is 12.4. The second kappa shape index (κ2) is 6.47. The average Bonchev–Trinajstić information content (AvgIpc) is 2.36. The second-order valence-corrected chi connectivity index (χ2v) is 7.36. The molecule has 5 nitrogen and oxygen atoms in total. The van der Waals surface area contributed by atoms with Gasteiger partial charge in [-0.2, -0.15) is 0 Å². The van der Waals surface area contributed by atoms with E-state index in [1.54, 1.807) is 14.1 Å². The molecule has 118 valence electrons. The molecule has 0 radical (unpaired) electrons. The van der Waals surface area contributed by atoms with Gasteiger partial charge in [-0.25, -0.2) is 8.42 Å². The number of sulfonamides is 1. The highest BCUT2D eigenvalue weighted by Crippen LogP contribution is 2.27. The summed E-state index contributed by atoms with van der Waals surface area (Å²) in [6.07, 6.45) is 1.55. The van der Waals surface area contributed by atoms with Crippen molar-refractivity contribution in [3.8, 4) is 0 Å². The van der Waals surface area contributed by atoms with Gasteiger partial charge < -0.3 is 4.90 Å². The van der Waals surface area contributed by atoms with Crippen LogP contribution in [0.25, 0.3) is 0 Å². The first-order valence-corrected chi connectivity index (χ1v) is 8.72. The lowest BCUT2D eigenvalue weighted by molar-refractivity contribution is -0.129. The third-order valence-electron chi connectivity index (χ3n) is 3.35. The number of amides is 1. The Morgan fingerprint density at radius 1 is 1.24 bits per heavy atom. The topological polar surface area (TPSA) is 57.7 Å². The standard InChI is InChI=1S/C15H24N2O3S/c1-7-13(15(18)16(4)5)17(21(6,19)20)14-10-11(2)8-9-12(14)3/h8-10,13H,7H2,1-6H3/t13-/m1/s1. The monoisotopic (exact) mass is 312 g/mol. The van der Waals surface area contributed by atoms with Gasteiger partial charge in [-0.05, 0) is 37.5 Å². The smallest absolute Gasteiger partial charge is 0.245 e. The molecule has 0 aliphatic carbocycles. The molecule has 1 aromatic carbocycles. The largest absolute Gasteiger partial charge is 0.347 e. The van der Waals surface area contributed by atoms with Crippen molar-refractivity contribution in [2.45, 2.75) is 33.2 Å². The quantitative estimate of drug-likeness (QED) is 0.835. The Hall–Kier alpha value is -1.56. The Morgan fingerprint density at radius 3 is 2.24 bits per heavy atom. The van der Waals surface area contributed by atoms with Crippen molar-refractivity contribution in [3.63, 3.8) is 0 Å². The van der Waals surface area contributed by atoms with Gasteiger partial charge in [-0.3, -0.25) is 9.10 Å². The maximum absolute atomic E-state index is 12.4. The summed E-state index contributed by atoms with van der Waals surface area (Å²) in [6.45, 7) is 5.56. The van der Waals surface area contributed by atoms with Crippen LogP contribution in [0.4, 0.5) is 5.69 Å². The van der Waals surface area contributed by atoms with Crippen LogP contribution < -0.4 is 4.31 Å². The van der Waals surface area contributed by atoms with Gasteiger partial charge in [0.2, 0.25) is 15.9 Å². The molecule has 0 aromatic heterocycles. The zero-order valence-electron chi connectivity index (χ0n) is 13.5. The maximum Gasteiger partial charge on any atom is 0.245 e. The highest BCUT2D eigenvalue weighted by Gasteiger charge is 2.33. The molecule has 0 aliphatic rings. The van der Waals surface area contributed by atoms with Gasteiger partial charge in [-0.15, -0.1) is 0 Å². The summed E-state index contributed by atoms with van der Waals surface area (Å²) in [4.78, 5) is 13.8. The normalized spacial score (nSPS) is 12.9. The van der Waals surface area contributed by atoms with Gasteiger partial charge >= 0.3 is 0 Å². The lowest BCUT2D eigenvalue weighted by Gasteiger charge is -2.32. The Balaban J connectivity index is 3.49. The van der Waals surface area contributed by atoms with E-state index in [0.717, 1.165) is 17.4 Å². The fourth-order valence-electron chi connectivity index (χ4n) is 2.27. The van der Waals surface area contributed by atoms with Crippen molar-refractivity contribution in [1.82, 2.24) is 4.90 Å². The minimum Gasteiger partial charge on any atom is -0.347 e. The number of rotatable bonds is 5. The van der Waals surface area contributed by atoms with Crippen molar-refractivity contribution in [1.29, 1.82) is 0 Å². The Bertz CT molecular complexity index is 624. The molecule has 0 N–H and O–H groups in total. The van der Waals surface area contributed by atoms with Gasteiger partial charge in [-0.1, -0.05) is 19.1 Å². The first-order chi connectivity index (χ1) is 9.59. The van der Waals surface area contributed by atoms with Gasteiger partial charge in [0.05, 0.1) is 11.9 Å². The number of hydrogen-bond acceptors (Lipinski definition) is 3. The highest BCUT2D eigenvalue weighted by molar-refractivity contribution is 7.92. The van der Waals surface area contributed by atoms with E-state index >= 15 is 0 Å². The minimum atomic E-state index is -3.56. The van der Waals surface area contributed by atoms with Crippen molar-refractivity contribution in [3.05, 3.63) is 29.3 Å². The molecule has 0 saturated heterocycles. The number of nitrogens with zero attached hydrogens (tertiary/aromatic N) is 2. The first kappa shape index (κ1) is 17.5. The summed E-state index contributed by atoms with van der Waals surface area (Å²) < 4.78 is 25.8. The number of likely N-dealkylation sites (N-methyl/N-ethyl adjacent to an activating group) is 1. The molecule has 0 heterocycles. The highest BCUT2D eigenvalue weighted by atomic mass is 32.2. The lowest BCUT2D eigenvalue weighted by Crippen LogP contribution is -2.49. The van der Waals surface area contributed by atoms with Gasteiger partial charge in [0.25, 0.3) is 0 Å². The van der Waals surface area contributed by atoms with Gasteiger partial charge in [0, 0.05) is 14.1 Å². The van der Waals surface area contributed by atoms with Crippen LogP contribution in [0.15, 0.2) is 18.2 Å². The van der Waals surface area contributed by atoms with Crippen LogP contribution >= 0.6 is 0 Å². The molecule has 0 aliphatic heterocycles. The van der Waals surface area contributed by atoms with Crippen molar-refractivity contribution in [2.24, 2.45) is 0 Å². The Kier molecular flexibility index (Phi) is 5.39. The van der Waals surface area contributed by atoms with Crippen LogP contribution in [0.3, 0.4) is 0 Å². The number of anilines is 1. The van der Waals surface area contributed by atoms with E-state index < -0.39 is 16.1 Å². The number of hydrogen-bond donors (Lipinski definition) is 0. The molecule has 6 heteroatoms. The number of aryl methyl sites for hydroxylation is 2. The van der Waals surface area contributed by atoms with E-state index in [9.17, 15) is 13.2 Å². The van der Waals surface area contributed by atoms with Crippen molar-refractivity contribution >= 4 is 21.6 Å². The van der Waals surface area contributed by atoms with Crippen LogP contribution in [-0.4, -0.2) is 45.6 Å². The molecular weight excluding hydrogens is 288 g/mol. The molecule has 0 fully saturated rings. The summed E-state index contributed by atoms with van der Waals surface area (Å²) in [5.41, 5.74) is 2.35. The lowest BCUT2D eigenvalue weighted by atomic mass is 10.1.